The number of nitrogens with one attached hydrogen (secondary N) is 2. The standard InChI is InChI=1S/C13H11Cl2F2N3/c1-18-12-9(14)5-10(15)13(20-12)19-6-7-4-8(16)2-3-11(7)17/h2-5H,6H2,1H3,(H2,18,19,20). The van der Waals surface area contributed by atoms with Gasteiger partial charge in [-0.05, 0) is 24.3 Å². The van der Waals surface area contributed by atoms with Crippen LogP contribution in [0.1, 0.15) is 5.56 Å². The summed E-state index contributed by atoms with van der Waals surface area (Å²) < 4.78 is 26.5. The average molecular weight is 318 g/mol. The molecule has 0 aliphatic heterocycles. The third kappa shape index (κ3) is 3.29. The lowest BCUT2D eigenvalue weighted by Gasteiger charge is -2.11. The van der Waals surface area contributed by atoms with Crippen LogP contribution < -0.4 is 10.6 Å². The monoisotopic (exact) mass is 317 g/mol. The van der Waals surface area contributed by atoms with E-state index in [1.165, 1.54) is 6.07 Å². The summed E-state index contributed by atoms with van der Waals surface area (Å²) in [4.78, 5) is 4.16. The molecule has 20 heavy (non-hydrogen) atoms. The van der Waals surface area contributed by atoms with Crippen LogP contribution in [0.15, 0.2) is 24.3 Å². The van der Waals surface area contributed by atoms with Crippen LogP contribution in [0.5, 0.6) is 0 Å². The number of aromatic nitrogens is 1. The Bertz CT molecular complexity index is 635. The summed E-state index contributed by atoms with van der Waals surface area (Å²) in [6, 6.07) is 4.77. The fourth-order valence-electron chi connectivity index (χ4n) is 1.62. The molecule has 0 radical (unpaired) electrons. The van der Waals surface area contributed by atoms with E-state index in [1.807, 2.05) is 0 Å². The molecule has 0 amide bonds. The Morgan fingerprint density at radius 1 is 1.10 bits per heavy atom. The van der Waals surface area contributed by atoms with Crippen molar-refractivity contribution in [3.8, 4) is 0 Å². The van der Waals surface area contributed by atoms with Crippen molar-refractivity contribution >= 4 is 34.8 Å². The topological polar surface area (TPSA) is 37.0 Å². The van der Waals surface area contributed by atoms with Crippen molar-refractivity contribution in [1.82, 2.24) is 4.98 Å². The minimum Gasteiger partial charge on any atom is -0.372 e. The summed E-state index contributed by atoms with van der Waals surface area (Å²) in [7, 11) is 1.66. The lowest BCUT2D eigenvalue weighted by atomic mass is 10.2. The van der Waals surface area contributed by atoms with Crippen LogP contribution >= 0.6 is 23.2 Å². The molecular formula is C13H11Cl2F2N3. The first kappa shape index (κ1) is 14.8. The van der Waals surface area contributed by atoms with E-state index in [0.717, 1.165) is 18.2 Å². The van der Waals surface area contributed by atoms with E-state index in [0.29, 0.717) is 21.7 Å². The van der Waals surface area contributed by atoms with E-state index in [9.17, 15) is 8.78 Å². The minimum absolute atomic E-state index is 0.0566. The number of rotatable bonds is 4. The van der Waals surface area contributed by atoms with Gasteiger partial charge in [-0.1, -0.05) is 23.2 Å². The minimum atomic E-state index is -0.505. The van der Waals surface area contributed by atoms with E-state index in [-0.39, 0.29) is 12.1 Å². The Balaban J connectivity index is 2.20. The summed E-state index contributed by atoms with van der Waals surface area (Å²) in [5, 5.41) is 6.33. The molecule has 0 saturated carbocycles. The third-order valence-corrected chi connectivity index (χ3v) is 3.20. The smallest absolute Gasteiger partial charge is 0.147 e. The largest absolute Gasteiger partial charge is 0.372 e. The Morgan fingerprint density at radius 2 is 1.80 bits per heavy atom. The maximum Gasteiger partial charge on any atom is 0.147 e. The van der Waals surface area contributed by atoms with Gasteiger partial charge in [0.1, 0.15) is 23.3 Å². The van der Waals surface area contributed by atoms with Crippen molar-refractivity contribution in [3.63, 3.8) is 0 Å². The Hall–Kier alpha value is -1.59. The molecule has 2 rings (SSSR count). The normalized spacial score (nSPS) is 10.4. The maximum atomic E-state index is 13.5. The van der Waals surface area contributed by atoms with Gasteiger partial charge in [-0.25, -0.2) is 13.8 Å². The van der Waals surface area contributed by atoms with Crippen LogP contribution in [0.3, 0.4) is 0 Å². The first-order chi connectivity index (χ1) is 9.51. The number of benzene rings is 1. The third-order valence-electron chi connectivity index (χ3n) is 2.62. The molecule has 1 aromatic heterocycles. The average Bonchev–Trinajstić information content (AvgIpc) is 2.41. The second-order valence-electron chi connectivity index (χ2n) is 3.99. The molecule has 106 valence electrons. The highest BCUT2D eigenvalue weighted by molar-refractivity contribution is 6.37. The second kappa shape index (κ2) is 6.24. The van der Waals surface area contributed by atoms with Crippen molar-refractivity contribution in [2.24, 2.45) is 0 Å². The van der Waals surface area contributed by atoms with Gasteiger partial charge < -0.3 is 10.6 Å². The molecule has 3 nitrogen and oxygen atoms in total. The van der Waals surface area contributed by atoms with E-state index < -0.39 is 11.6 Å². The molecule has 0 saturated heterocycles. The van der Waals surface area contributed by atoms with E-state index in [2.05, 4.69) is 15.6 Å². The van der Waals surface area contributed by atoms with Gasteiger partial charge in [0.2, 0.25) is 0 Å². The molecule has 0 fully saturated rings. The van der Waals surface area contributed by atoms with Crippen LogP contribution in [-0.4, -0.2) is 12.0 Å². The van der Waals surface area contributed by atoms with Crippen molar-refractivity contribution in [2.45, 2.75) is 6.54 Å². The van der Waals surface area contributed by atoms with Gasteiger partial charge in [0, 0.05) is 19.2 Å². The first-order valence-electron chi connectivity index (χ1n) is 5.73. The number of pyridine rings is 1. The highest BCUT2D eigenvalue weighted by Crippen LogP contribution is 2.29. The molecule has 0 aliphatic rings. The number of hydrogen-bond acceptors (Lipinski definition) is 3. The molecule has 0 unspecified atom stereocenters. The van der Waals surface area contributed by atoms with Gasteiger partial charge >= 0.3 is 0 Å². The van der Waals surface area contributed by atoms with E-state index in [4.69, 9.17) is 23.2 Å². The highest BCUT2D eigenvalue weighted by Gasteiger charge is 2.10. The van der Waals surface area contributed by atoms with Crippen LogP contribution in [0.2, 0.25) is 10.0 Å². The van der Waals surface area contributed by atoms with Crippen LogP contribution in [0, 0.1) is 11.6 Å². The highest BCUT2D eigenvalue weighted by atomic mass is 35.5. The summed E-state index contributed by atoms with van der Waals surface area (Å²) in [6.45, 7) is 0.0566. The quantitative estimate of drug-likeness (QED) is 0.881. The van der Waals surface area contributed by atoms with E-state index >= 15 is 0 Å². The summed E-state index contributed by atoms with van der Waals surface area (Å²) in [6.07, 6.45) is 0. The van der Waals surface area contributed by atoms with E-state index in [1.54, 1.807) is 7.05 Å². The predicted octanol–water partition coefficient (Wildman–Crippen LogP) is 4.32. The maximum absolute atomic E-state index is 13.5. The Labute approximate surface area is 124 Å². The zero-order valence-electron chi connectivity index (χ0n) is 10.5. The number of nitrogens with zero attached hydrogens (tertiary/aromatic N) is 1. The molecule has 1 heterocycles. The summed E-state index contributed by atoms with van der Waals surface area (Å²) in [5.41, 5.74) is 0.184. The first-order valence-corrected chi connectivity index (χ1v) is 6.48. The van der Waals surface area contributed by atoms with Crippen LogP contribution in [0.25, 0.3) is 0 Å². The molecule has 7 heteroatoms. The molecule has 0 atom stereocenters. The SMILES string of the molecule is CNc1nc(NCc2cc(F)ccc2F)c(Cl)cc1Cl. The van der Waals surface area contributed by atoms with Gasteiger partial charge in [0.15, 0.2) is 0 Å². The van der Waals surface area contributed by atoms with Gasteiger partial charge in [0.25, 0.3) is 0 Å². The van der Waals surface area contributed by atoms with Crippen molar-refractivity contribution in [1.29, 1.82) is 0 Å². The van der Waals surface area contributed by atoms with Crippen molar-refractivity contribution in [3.05, 3.63) is 51.5 Å². The number of halogens is 4. The Morgan fingerprint density at radius 3 is 2.50 bits per heavy atom. The molecule has 2 N–H and O–H groups in total. The van der Waals surface area contributed by atoms with Crippen molar-refractivity contribution < 1.29 is 8.78 Å². The van der Waals surface area contributed by atoms with Gasteiger partial charge in [0.05, 0.1) is 10.0 Å². The zero-order chi connectivity index (χ0) is 14.7. The molecular weight excluding hydrogens is 307 g/mol. The molecule has 1 aromatic carbocycles. The molecule has 2 aromatic rings. The summed E-state index contributed by atoms with van der Waals surface area (Å²) >= 11 is 11.9. The summed E-state index contributed by atoms with van der Waals surface area (Å²) in [5.74, 6) is -0.227. The zero-order valence-corrected chi connectivity index (χ0v) is 12.0. The molecule has 0 bridgehead atoms. The number of hydrogen-bond donors (Lipinski definition) is 2. The fourth-order valence-corrected chi connectivity index (χ4v) is 2.14. The second-order valence-corrected chi connectivity index (χ2v) is 4.80. The predicted molar refractivity (Wildman–Crippen MR) is 77.5 cm³/mol. The fraction of sp³-hybridized carbons (Fsp3) is 0.154. The van der Waals surface area contributed by atoms with Crippen LogP contribution in [-0.2, 0) is 6.54 Å². The van der Waals surface area contributed by atoms with Crippen molar-refractivity contribution in [2.75, 3.05) is 17.7 Å². The Kier molecular flexibility index (Phi) is 4.62. The van der Waals surface area contributed by atoms with Gasteiger partial charge in [-0.15, -0.1) is 0 Å². The lowest BCUT2D eigenvalue weighted by Crippen LogP contribution is -2.06. The lowest BCUT2D eigenvalue weighted by molar-refractivity contribution is 0.587. The van der Waals surface area contributed by atoms with Crippen LogP contribution in [0.4, 0.5) is 20.4 Å². The van der Waals surface area contributed by atoms with Gasteiger partial charge in [-0.3, -0.25) is 0 Å². The number of anilines is 2. The molecule has 0 aliphatic carbocycles. The van der Waals surface area contributed by atoms with Gasteiger partial charge in [-0.2, -0.15) is 0 Å². The molecule has 0 spiro atoms.